The van der Waals surface area contributed by atoms with Crippen LogP contribution in [0, 0.1) is 0 Å². The third-order valence-electron chi connectivity index (χ3n) is 5.68. The molecule has 0 saturated heterocycles. The molecule has 2 N–H and O–H groups in total. The van der Waals surface area contributed by atoms with E-state index in [4.69, 9.17) is 18.9 Å². The van der Waals surface area contributed by atoms with Crippen LogP contribution in [-0.2, 0) is 9.53 Å². The molecule has 3 rings (SSSR count). The number of carboxylic acids is 1. The molecule has 214 valence electrons. The molecular weight excluding hydrogens is 532 g/mol. The third kappa shape index (κ3) is 9.54. The van der Waals surface area contributed by atoms with E-state index in [1.807, 2.05) is 0 Å². The van der Waals surface area contributed by atoms with Crippen molar-refractivity contribution in [3.8, 4) is 23.0 Å². The monoisotopic (exact) mass is 562 g/mol. The van der Waals surface area contributed by atoms with Crippen molar-refractivity contribution >= 4 is 23.9 Å². The Morgan fingerprint density at radius 1 is 0.732 bits per heavy atom. The highest BCUT2D eigenvalue weighted by Gasteiger charge is 2.19. The summed E-state index contributed by atoms with van der Waals surface area (Å²) in [6.45, 7) is 5.98. The molecular formula is C31H30O10. The molecule has 0 aromatic heterocycles. The van der Waals surface area contributed by atoms with Gasteiger partial charge in [-0.3, -0.25) is 0 Å². The Balaban J connectivity index is 1.47. The van der Waals surface area contributed by atoms with Gasteiger partial charge in [0, 0.05) is 5.57 Å². The number of aromatic carboxylic acids is 1. The fourth-order valence-electron chi connectivity index (χ4n) is 3.47. The first-order valence-corrected chi connectivity index (χ1v) is 12.8. The van der Waals surface area contributed by atoms with Crippen molar-refractivity contribution in [3.05, 3.63) is 95.6 Å². The highest BCUT2D eigenvalue weighted by molar-refractivity contribution is 5.96. The molecule has 0 bridgehead atoms. The highest BCUT2D eigenvalue weighted by atomic mass is 16.5. The quantitative estimate of drug-likeness (QED) is 0.110. The van der Waals surface area contributed by atoms with Gasteiger partial charge in [-0.1, -0.05) is 6.58 Å². The van der Waals surface area contributed by atoms with Gasteiger partial charge in [-0.15, -0.1) is 0 Å². The van der Waals surface area contributed by atoms with Crippen molar-refractivity contribution in [2.45, 2.75) is 32.6 Å². The minimum Gasteiger partial charge on any atom is -0.508 e. The number of phenolic OH excluding ortho intramolecular Hbond substituents is 1. The molecule has 3 aromatic rings. The first-order valence-electron chi connectivity index (χ1n) is 12.8. The number of ether oxygens (including phenoxy) is 4. The van der Waals surface area contributed by atoms with E-state index in [1.165, 1.54) is 48.5 Å². The largest absolute Gasteiger partial charge is 0.508 e. The predicted octanol–water partition coefficient (Wildman–Crippen LogP) is 5.59. The summed E-state index contributed by atoms with van der Waals surface area (Å²) in [5, 5.41) is 18.9. The number of carbonyl (C=O) groups excluding carboxylic acids is 3. The third-order valence-corrected chi connectivity index (χ3v) is 5.68. The lowest BCUT2D eigenvalue weighted by molar-refractivity contribution is -0.139. The van der Waals surface area contributed by atoms with E-state index < -0.39 is 17.9 Å². The normalized spacial score (nSPS) is 10.4. The summed E-state index contributed by atoms with van der Waals surface area (Å²) < 4.78 is 21.2. The molecule has 0 saturated carbocycles. The zero-order chi connectivity index (χ0) is 29.8. The average molecular weight is 563 g/mol. The average Bonchev–Trinajstić information content (AvgIpc) is 2.95. The van der Waals surface area contributed by atoms with E-state index in [0.717, 1.165) is 31.7 Å². The lowest BCUT2D eigenvalue weighted by atomic mass is 10.1. The maximum Gasteiger partial charge on any atom is 0.343 e. The summed E-state index contributed by atoms with van der Waals surface area (Å²) in [5.74, 6) is -3.04. The van der Waals surface area contributed by atoms with Gasteiger partial charge in [-0.25, -0.2) is 19.2 Å². The van der Waals surface area contributed by atoms with Crippen LogP contribution in [-0.4, -0.2) is 47.3 Å². The van der Waals surface area contributed by atoms with Crippen molar-refractivity contribution in [1.82, 2.24) is 0 Å². The Bertz CT molecular complexity index is 1390. The van der Waals surface area contributed by atoms with Crippen LogP contribution < -0.4 is 14.2 Å². The summed E-state index contributed by atoms with van der Waals surface area (Å²) >= 11 is 0. The maximum atomic E-state index is 12.6. The maximum absolute atomic E-state index is 12.6. The van der Waals surface area contributed by atoms with Gasteiger partial charge in [-0.2, -0.15) is 0 Å². The fraction of sp³-hybridized carbons (Fsp3) is 0.226. The number of rotatable bonds is 14. The van der Waals surface area contributed by atoms with Crippen LogP contribution in [0.3, 0.4) is 0 Å². The van der Waals surface area contributed by atoms with E-state index in [9.17, 15) is 29.4 Å². The Morgan fingerprint density at radius 2 is 1.29 bits per heavy atom. The van der Waals surface area contributed by atoms with Crippen molar-refractivity contribution in [3.63, 3.8) is 0 Å². The first-order chi connectivity index (χ1) is 19.6. The number of aromatic hydroxyl groups is 1. The van der Waals surface area contributed by atoms with Gasteiger partial charge >= 0.3 is 23.9 Å². The summed E-state index contributed by atoms with van der Waals surface area (Å²) in [5.41, 5.74) is 0.341. The van der Waals surface area contributed by atoms with Crippen LogP contribution in [0.1, 0.15) is 63.7 Å². The molecule has 0 aliphatic carbocycles. The topological polar surface area (TPSA) is 146 Å². The predicted molar refractivity (Wildman–Crippen MR) is 148 cm³/mol. The zero-order valence-corrected chi connectivity index (χ0v) is 22.5. The molecule has 0 aliphatic heterocycles. The van der Waals surface area contributed by atoms with Gasteiger partial charge in [-0.05, 0) is 99.3 Å². The van der Waals surface area contributed by atoms with Crippen molar-refractivity contribution in [2.75, 3.05) is 13.2 Å². The molecule has 0 amide bonds. The second-order valence-corrected chi connectivity index (χ2v) is 8.99. The van der Waals surface area contributed by atoms with Crippen molar-refractivity contribution in [1.29, 1.82) is 0 Å². The molecule has 41 heavy (non-hydrogen) atoms. The number of carboxylic acid groups (broad SMARTS) is 1. The summed E-state index contributed by atoms with van der Waals surface area (Å²) in [4.78, 5) is 48.0. The Morgan fingerprint density at radius 3 is 1.90 bits per heavy atom. The van der Waals surface area contributed by atoms with E-state index in [-0.39, 0.29) is 39.9 Å². The van der Waals surface area contributed by atoms with Crippen molar-refractivity contribution in [2.24, 2.45) is 0 Å². The zero-order valence-electron chi connectivity index (χ0n) is 22.5. The lowest BCUT2D eigenvalue weighted by Gasteiger charge is -2.11. The van der Waals surface area contributed by atoms with Crippen LogP contribution >= 0.6 is 0 Å². The number of hydrogen-bond acceptors (Lipinski definition) is 9. The van der Waals surface area contributed by atoms with Crippen LogP contribution in [0.2, 0.25) is 0 Å². The van der Waals surface area contributed by atoms with E-state index in [2.05, 4.69) is 6.58 Å². The minimum absolute atomic E-state index is 0.0369. The fourth-order valence-corrected chi connectivity index (χ4v) is 3.47. The second-order valence-electron chi connectivity index (χ2n) is 8.99. The first kappa shape index (κ1) is 30.4. The Labute approximate surface area is 236 Å². The van der Waals surface area contributed by atoms with Crippen LogP contribution in [0.5, 0.6) is 23.0 Å². The molecule has 10 nitrogen and oxygen atoms in total. The molecule has 0 spiro atoms. The van der Waals surface area contributed by atoms with E-state index in [1.54, 1.807) is 19.1 Å². The summed E-state index contributed by atoms with van der Waals surface area (Å²) in [7, 11) is 0. The van der Waals surface area contributed by atoms with Gasteiger partial charge in [0.2, 0.25) is 0 Å². The summed E-state index contributed by atoms with van der Waals surface area (Å²) in [6.07, 6.45) is 3.37. The SMILES string of the molecule is C=C(C)C(=O)OCCCCCCOc1ccc(C(=O)Oc2ccc(OC(=O)c3ccc(O)cc3)c(C(=O)O)c2)cc1. The number of esters is 3. The van der Waals surface area contributed by atoms with Gasteiger partial charge in [0.25, 0.3) is 0 Å². The molecule has 0 atom stereocenters. The number of phenols is 1. The molecule has 0 fully saturated rings. The van der Waals surface area contributed by atoms with Gasteiger partial charge < -0.3 is 29.2 Å². The second kappa shape index (κ2) is 14.9. The van der Waals surface area contributed by atoms with Gasteiger partial charge in [0.1, 0.15) is 28.6 Å². The Hall–Kier alpha value is -5.12. The Kier molecular flexibility index (Phi) is 11.0. The standard InChI is InChI=1S/C31H30O10/c1-20(2)29(35)39-18-6-4-3-5-17-38-24-13-9-22(10-14-24)30(36)40-25-15-16-27(26(19-25)28(33)34)41-31(37)21-7-11-23(32)12-8-21/h7-16,19,32H,1,3-6,17-18H2,2H3,(H,33,34). The lowest BCUT2D eigenvalue weighted by Crippen LogP contribution is -2.13. The number of unbranched alkanes of at least 4 members (excludes halogenated alkanes) is 3. The molecule has 0 unspecified atom stereocenters. The molecule has 0 heterocycles. The molecule has 3 aromatic carbocycles. The molecule has 10 heteroatoms. The van der Waals surface area contributed by atoms with Gasteiger partial charge in [0.05, 0.1) is 24.3 Å². The smallest absolute Gasteiger partial charge is 0.343 e. The number of benzene rings is 3. The summed E-state index contributed by atoms with van der Waals surface area (Å²) in [6, 6.07) is 15.2. The van der Waals surface area contributed by atoms with Gasteiger partial charge in [0.15, 0.2) is 0 Å². The number of carbonyl (C=O) groups is 4. The van der Waals surface area contributed by atoms with Crippen molar-refractivity contribution < 1.29 is 48.3 Å². The van der Waals surface area contributed by atoms with Crippen LogP contribution in [0.4, 0.5) is 0 Å². The van der Waals surface area contributed by atoms with E-state index in [0.29, 0.717) is 24.5 Å². The molecule has 0 radical (unpaired) electrons. The van der Waals surface area contributed by atoms with Crippen LogP contribution in [0.25, 0.3) is 0 Å². The highest BCUT2D eigenvalue weighted by Crippen LogP contribution is 2.26. The minimum atomic E-state index is -1.39. The number of hydrogen-bond donors (Lipinski definition) is 2. The molecule has 0 aliphatic rings. The van der Waals surface area contributed by atoms with Crippen LogP contribution in [0.15, 0.2) is 78.9 Å². The van der Waals surface area contributed by atoms with E-state index >= 15 is 0 Å².